The molecule has 1 saturated heterocycles. The Balaban J connectivity index is 2.00. The maximum atomic E-state index is 10.0. The van der Waals surface area contributed by atoms with Crippen molar-refractivity contribution in [2.24, 2.45) is 0 Å². The minimum atomic E-state index is 0.419. The molecular weight excluding hydrogens is 224 g/mol. The molecule has 0 aromatic heterocycles. The van der Waals surface area contributed by atoms with Gasteiger partial charge in [0, 0.05) is 24.2 Å². The number of phenols is 1. The predicted octanol–water partition coefficient (Wildman–Crippen LogP) is 2.97. The zero-order valence-corrected chi connectivity index (χ0v) is 11.6. The van der Waals surface area contributed by atoms with Crippen LogP contribution in [-0.4, -0.2) is 22.2 Å². The quantitative estimate of drug-likeness (QED) is 0.863. The molecule has 3 nitrogen and oxygen atoms in total. The number of rotatable bonds is 3. The number of hydrogen-bond donors (Lipinski definition) is 2. The van der Waals surface area contributed by atoms with Crippen molar-refractivity contribution in [1.29, 1.82) is 0 Å². The molecule has 0 spiro atoms. The van der Waals surface area contributed by atoms with E-state index in [2.05, 4.69) is 24.3 Å². The molecule has 2 atom stereocenters. The summed E-state index contributed by atoms with van der Waals surface area (Å²) in [5.41, 5.74) is 5.39. The smallest absolute Gasteiger partial charge is 0.123 e. The van der Waals surface area contributed by atoms with Crippen molar-refractivity contribution in [3.63, 3.8) is 0 Å². The number of para-hydroxylation sites is 1. The van der Waals surface area contributed by atoms with Crippen molar-refractivity contribution in [1.82, 2.24) is 10.4 Å². The summed E-state index contributed by atoms with van der Waals surface area (Å²) < 4.78 is 0. The fourth-order valence-corrected chi connectivity index (χ4v) is 2.77. The van der Waals surface area contributed by atoms with E-state index in [1.807, 2.05) is 25.1 Å². The highest BCUT2D eigenvalue weighted by Crippen LogP contribution is 2.23. The van der Waals surface area contributed by atoms with E-state index >= 15 is 0 Å². The minimum Gasteiger partial charge on any atom is -0.507 e. The Morgan fingerprint density at radius 1 is 1.28 bits per heavy atom. The van der Waals surface area contributed by atoms with Crippen LogP contribution in [0.5, 0.6) is 5.75 Å². The Morgan fingerprint density at radius 3 is 2.61 bits per heavy atom. The van der Waals surface area contributed by atoms with Gasteiger partial charge in [0.1, 0.15) is 5.75 Å². The van der Waals surface area contributed by atoms with Gasteiger partial charge < -0.3 is 5.11 Å². The molecule has 18 heavy (non-hydrogen) atoms. The van der Waals surface area contributed by atoms with E-state index < -0.39 is 0 Å². The van der Waals surface area contributed by atoms with Crippen LogP contribution in [0.2, 0.25) is 0 Å². The lowest BCUT2D eigenvalue weighted by Crippen LogP contribution is -2.51. The molecule has 0 aliphatic carbocycles. The number of hydrogen-bond acceptors (Lipinski definition) is 3. The van der Waals surface area contributed by atoms with Gasteiger partial charge in [0.25, 0.3) is 0 Å². The van der Waals surface area contributed by atoms with Crippen molar-refractivity contribution in [2.45, 2.75) is 58.7 Å². The fraction of sp³-hybridized carbons (Fsp3) is 0.600. The highest BCUT2D eigenvalue weighted by atomic mass is 16.3. The van der Waals surface area contributed by atoms with E-state index in [-0.39, 0.29) is 0 Å². The van der Waals surface area contributed by atoms with Gasteiger partial charge in [-0.15, -0.1) is 0 Å². The molecule has 1 aliphatic heterocycles. The van der Waals surface area contributed by atoms with E-state index in [1.54, 1.807) is 0 Å². The number of aryl methyl sites for hydroxylation is 1. The van der Waals surface area contributed by atoms with Crippen molar-refractivity contribution >= 4 is 0 Å². The van der Waals surface area contributed by atoms with Gasteiger partial charge in [0.2, 0.25) is 0 Å². The maximum absolute atomic E-state index is 10.0. The molecule has 2 unspecified atom stereocenters. The number of nitrogens with one attached hydrogen (secondary N) is 1. The average Bonchev–Trinajstić information content (AvgIpc) is 2.33. The fourth-order valence-electron chi connectivity index (χ4n) is 2.77. The minimum absolute atomic E-state index is 0.419. The van der Waals surface area contributed by atoms with Gasteiger partial charge in [-0.05, 0) is 39.2 Å². The number of phenolic OH excluding ortho intramolecular Hbond substituents is 1. The average molecular weight is 248 g/mol. The van der Waals surface area contributed by atoms with E-state index in [1.165, 1.54) is 19.3 Å². The molecule has 0 bridgehead atoms. The number of benzene rings is 1. The first-order valence-electron chi connectivity index (χ1n) is 6.89. The molecule has 0 radical (unpaired) electrons. The van der Waals surface area contributed by atoms with Crippen molar-refractivity contribution in [3.05, 3.63) is 29.3 Å². The molecular formula is C15H24N2O. The van der Waals surface area contributed by atoms with Crippen molar-refractivity contribution in [3.8, 4) is 5.75 Å². The van der Waals surface area contributed by atoms with Crippen LogP contribution >= 0.6 is 0 Å². The Hall–Kier alpha value is -1.06. The van der Waals surface area contributed by atoms with Gasteiger partial charge in [0.15, 0.2) is 0 Å². The lowest BCUT2D eigenvalue weighted by atomic mass is 10.00. The third-order valence-electron chi connectivity index (χ3n) is 3.97. The van der Waals surface area contributed by atoms with Crippen molar-refractivity contribution in [2.75, 3.05) is 0 Å². The van der Waals surface area contributed by atoms with Gasteiger partial charge in [-0.25, -0.2) is 5.01 Å². The lowest BCUT2D eigenvalue weighted by Gasteiger charge is -2.39. The molecule has 0 saturated carbocycles. The van der Waals surface area contributed by atoms with Crippen LogP contribution in [0.25, 0.3) is 0 Å². The zero-order chi connectivity index (χ0) is 13.1. The second-order valence-corrected chi connectivity index (χ2v) is 5.45. The summed E-state index contributed by atoms with van der Waals surface area (Å²) in [6.07, 6.45) is 3.81. The summed E-state index contributed by atoms with van der Waals surface area (Å²) in [6, 6.07) is 7.05. The van der Waals surface area contributed by atoms with Gasteiger partial charge >= 0.3 is 0 Å². The summed E-state index contributed by atoms with van der Waals surface area (Å²) in [7, 11) is 0. The van der Waals surface area contributed by atoms with Crippen LogP contribution in [0.3, 0.4) is 0 Å². The van der Waals surface area contributed by atoms with E-state index in [0.29, 0.717) is 24.4 Å². The highest BCUT2D eigenvalue weighted by Gasteiger charge is 2.24. The van der Waals surface area contributed by atoms with Gasteiger partial charge in [-0.2, -0.15) is 0 Å². The normalized spacial score (nSPS) is 25.3. The van der Waals surface area contributed by atoms with Gasteiger partial charge in [-0.1, -0.05) is 24.6 Å². The lowest BCUT2D eigenvalue weighted by molar-refractivity contribution is 0.0433. The molecule has 2 rings (SSSR count). The van der Waals surface area contributed by atoms with Gasteiger partial charge in [0.05, 0.1) is 0 Å². The topological polar surface area (TPSA) is 35.5 Å². The molecule has 1 aliphatic rings. The van der Waals surface area contributed by atoms with Gasteiger partial charge in [-0.3, -0.25) is 5.43 Å². The number of nitrogens with zero attached hydrogens (tertiary/aromatic N) is 1. The molecule has 1 aromatic rings. The van der Waals surface area contributed by atoms with Crippen molar-refractivity contribution < 1.29 is 5.11 Å². The molecule has 1 fully saturated rings. The first kappa shape index (κ1) is 13.4. The van der Waals surface area contributed by atoms with E-state index in [4.69, 9.17) is 0 Å². The van der Waals surface area contributed by atoms with E-state index in [0.717, 1.165) is 11.1 Å². The first-order valence-corrected chi connectivity index (χ1v) is 6.89. The Kier molecular flexibility index (Phi) is 4.25. The van der Waals surface area contributed by atoms with Crippen LogP contribution in [0.4, 0.5) is 0 Å². The largest absolute Gasteiger partial charge is 0.507 e. The van der Waals surface area contributed by atoms with E-state index in [9.17, 15) is 5.11 Å². The summed E-state index contributed by atoms with van der Waals surface area (Å²) in [5.74, 6) is 0.419. The van der Waals surface area contributed by atoms with Crippen LogP contribution in [0, 0.1) is 6.92 Å². The van der Waals surface area contributed by atoms with Crippen LogP contribution < -0.4 is 5.43 Å². The standard InChI is InChI=1S/C15H24N2O/c1-11-6-4-9-14(15(11)18)10-16-17-12(2)7-5-8-13(17)3/h4,6,9,12-13,16,18H,5,7-8,10H2,1-3H3. The Bertz CT molecular complexity index is 395. The second-order valence-electron chi connectivity index (χ2n) is 5.45. The van der Waals surface area contributed by atoms with Crippen LogP contribution in [0.1, 0.15) is 44.2 Å². The number of hydrazine groups is 1. The molecule has 3 heteroatoms. The predicted molar refractivity (Wildman–Crippen MR) is 74.3 cm³/mol. The third-order valence-corrected chi connectivity index (χ3v) is 3.97. The molecule has 2 N–H and O–H groups in total. The first-order chi connectivity index (χ1) is 8.59. The van der Waals surface area contributed by atoms with Crippen LogP contribution in [0.15, 0.2) is 18.2 Å². The Morgan fingerprint density at radius 2 is 1.94 bits per heavy atom. The summed E-state index contributed by atoms with van der Waals surface area (Å²) in [5, 5.41) is 12.3. The summed E-state index contributed by atoms with van der Waals surface area (Å²) in [6.45, 7) is 7.16. The SMILES string of the molecule is Cc1cccc(CNN2C(C)CCCC2C)c1O. The number of piperidine rings is 1. The monoisotopic (exact) mass is 248 g/mol. The second kappa shape index (κ2) is 5.72. The van der Waals surface area contributed by atoms with Crippen LogP contribution in [-0.2, 0) is 6.54 Å². The summed E-state index contributed by atoms with van der Waals surface area (Å²) >= 11 is 0. The molecule has 1 aromatic carbocycles. The highest BCUT2D eigenvalue weighted by molar-refractivity contribution is 5.39. The summed E-state index contributed by atoms with van der Waals surface area (Å²) in [4.78, 5) is 0. The Labute approximate surface area is 110 Å². The third kappa shape index (κ3) is 2.85. The zero-order valence-electron chi connectivity index (χ0n) is 11.6. The maximum Gasteiger partial charge on any atom is 0.123 e. The molecule has 100 valence electrons. The molecule has 0 amide bonds. The number of aromatic hydroxyl groups is 1. The molecule has 1 heterocycles.